The fourth-order valence-corrected chi connectivity index (χ4v) is 0.672. The maximum absolute atomic E-state index is 9.44. The van der Waals surface area contributed by atoms with Crippen molar-refractivity contribution in [3.63, 3.8) is 0 Å². The van der Waals surface area contributed by atoms with Gasteiger partial charge in [0.15, 0.2) is 0 Å². The van der Waals surface area contributed by atoms with E-state index in [1.165, 1.54) is 0 Å². The second kappa shape index (κ2) is 9.39. The molecule has 12 heavy (non-hydrogen) atoms. The average Bonchev–Trinajstić information content (AvgIpc) is 1.85. The van der Waals surface area contributed by atoms with Crippen molar-refractivity contribution in [1.82, 2.24) is 0 Å². The lowest BCUT2D eigenvalue weighted by Gasteiger charge is -1.90. The van der Waals surface area contributed by atoms with Crippen molar-refractivity contribution < 1.29 is 28.3 Å². The maximum Gasteiger partial charge on any atom is 0.323 e. The highest BCUT2D eigenvalue weighted by Crippen LogP contribution is 2.30. The third-order valence-electron chi connectivity index (χ3n) is 0.540. The van der Waals surface area contributed by atoms with Crippen LogP contribution < -0.4 is 0 Å². The van der Waals surface area contributed by atoms with Crippen LogP contribution in [0.25, 0.3) is 0 Å². The van der Waals surface area contributed by atoms with E-state index in [1.54, 1.807) is 0 Å². The van der Waals surface area contributed by atoms with Gasteiger partial charge in [-0.3, -0.25) is 9.13 Å². The molecule has 0 saturated carbocycles. The fraction of sp³-hybridized carbons (Fsp3) is 1.00. The molecule has 76 valence electrons. The molecule has 0 aromatic carbocycles. The molecule has 6 nitrogen and oxygen atoms in total. The third-order valence-corrected chi connectivity index (χ3v) is 1.94. The van der Waals surface area contributed by atoms with Crippen molar-refractivity contribution in [2.45, 2.75) is 13.8 Å². The van der Waals surface area contributed by atoms with E-state index in [9.17, 15) is 9.13 Å². The molecule has 2 unspecified atom stereocenters. The van der Waals surface area contributed by atoms with Crippen LogP contribution in [0.4, 0.5) is 0 Å². The molecule has 0 aliphatic carbocycles. The van der Waals surface area contributed by atoms with Crippen molar-refractivity contribution in [2.24, 2.45) is 5.92 Å². The minimum atomic E-state index is -3.20. The topological polar surface area (TPSA) is 104 Å². The molecular formula is C4H14O6P2. The van der Waals surface area contributed by atoms with Gasteiger partial charge in [-0.2, -0.15) is 0 Å². The fourth-order valence-electron chi connectivity index (χ4n) is 0.0747. The molecule has 0 heterocycles. The van der Waals surface area contributed by atoms with Gasteiger partial charge in [0.25, 0.3) is 0 Å². The molecule has 8 heteroatoms. The van der Waals surface area contributed by atoms with E-state index in [0.29, 0.717) is 12.5 Å². The number of hydrogen-bond donors (Lipinski definition) is 3. The Balaban J connectivity index is 0. The molecule has 0 radical (unpaired) electrons. The van der Waals surface area contributed by atoms with Gasteiger partial charge >= 0.3 is 16.5 Å². The molecule has 0 rings (SSSR count). The summed E-state index contributed by atoms with van der Waals surface area (Å²) in [6.45, 7) is 4.25. The first kappa shape index (κ1) is 14.8. The Kier molecular flexibility index (Phi) is 11.6. The zero-order valence-corrected chi connectivity index (χ0v) is 8.85. The predicted molar refractivity (Wildman–Crippen MR) is 45.4 cm³/mol. The minimum Gasteiger partial charge on any atom is -0.396 e. The molecule has 0 aliphatic rings. The van der Waals surface area contributed by atoms with Gasteiger partial charge in [0, 0.05) is 6.61 Å². The van der Waals surface area contributed by atoms with Crippen LogP contribution in [0.3, 0.4) is 0 Å². The second-order valence-electron chi connectivity index (χ2n) is 2.21. The van der Waals surface area contributed by atoms with Crippen molar-refractivity contribution >= 4 is 16.5 Å². The number of aliphatic hydroxyl groups is 1. The van der Waals surface area contributed by atoms with Crippen LogP contribution in [0.15, 0.2) is 0 Å². The van der Waals surface area contributed by atoms with E-state index in [4.69, 9.17) is 14.9 Å². The van der Waals surface area contributed by atoms with Gasteiger partial charge in [-0.25, -0.2) is 4.31 Å². The van der Waals surface area contributed by atoms with Crippen molar-refractivity contribution in [3.8, 4) is 0 Å². The lowest BCUT2D eigenvalue weighted by molar-refractivity contribution is 0.248. The maximum atomic E-state index is 9.44. The van der Waals surface area contributed by atoms with E-state index in [2.05, 4.69) is 4.31 Å². The van der Waals surface area contributed by atoms with Gasteiger partial charge in [0.1, 0.15) is 0 Å². The Morgan fingerprint density at radius 1 is 1.25 bits per heavy atom. The average molecular weight is 220 g/mol. The summed E-state index contributed by atoms with van der Waals surface area (Å²) < 4.78 is 22.3. The highest BCUT2D eigenvalue weighted by molar-refractivity contribution is 7.46. The van der Waals surface area contributed by atoms with Crippen LogP contribution in [0.5, 0.6) is 0 Å². The first-order chi connectivity index (χ1) is 5.40. The van der Waals surface area contributed by atoms with E-state index in [0.717, 1.165) is 0 Å². The van der Waals surface area contributed by atoms with Crippen LogP contribution in [0.2, 0.25) is 0 Å². The molecule has 0 saturated heterocycles. The molecule has 0 fully saturated rings. The summed E-state index contributed by atoms with van der Waals surface area (Å²) in [6, 6.07) is 0. The molecule has 0 aliphatic heterocycles. The highest BCUT2D eigenvalue weighted by atomic mass is 31.2. The Bertz CT molecular complexity index is 134. The van der Waals surface area contributed by atoms with Crippen LogP contribution in [-0.2, 0) is 13.4 Å². The lowest BCUT2D eigenvalue weighted by Crippen LogP contribution is -1.90. The summed E-state index contributed by atoms with van der Waals surface area (Å²) in [7, 11) is -6.40. The molecule has 0 aromatic heterocycles. The summed E-state index contributed by atoms with van der Waals surface area (Å²) in [5.41, 5.74) is 0. The quantitative estimate of drug-likeness (QED) is 0.594. The Morgan fingerprint density at radius 2 is 1.50 bits per heavy atom. The second-order valence-corrected chi connectivity index (χ2v) is 4.09. The van der Waals surface area contributed by atoms with Crippen LogP contribution >= 0.6 is 16.5 Å². The summed E-state index contributed by atoms with van der Waals surface area (Å²) >= 11 is 0. The zero-order chi connectivity index (χ0) is 10.1. The first-order valence-corrected chi connectivity index (χ1v) is 5.67. The summed E-state index contributed by atoms with van der Waals surface area (Å²) in [4.78, 5) is 15.4. The third kappa shape index (κ3) is 22.4. The van der Waals surface area contributed by atoms with E-state index >= 15 is 0 Å². The van der Waals surface area contributed by atoms with Crippen LogP contribution in [0.1, 0.15) is 13.8 Å². The number of aliphatic hydroxyl groups excluding tert-OH is 1. The van der Waals surface area contributed by atoms with Gasteiger partial charge in [0.2, 0.25) is 0 Å². The van der Waals surface area contributed by atoms with Gasteiger partial charge in [-0.1, -0.05) is 13.8 Å². The summed E-state index contributed by atoms with van der Waals surface area (Å²) in [6.07, 6.45) is 0. The van der Waals surface area contributed by atoms with Crippen LogP contribution in [-0.4, -0.2) is 21.5 Å². The van der Waals surface area contributed by atoms with Gasteiger partial charge in [-0.05, 0) is 5.92 Å². The minimum absolute atomic E-state index is 0.306. The van der Waals surface area contributed by atoms with E-state index < -0.39 is 16.5 Å². The Hall–Kier alpha value is 0.300. The first-order valence-electron chi connectivity index (χ1n) is 3.14. The zero-order valence-electron chi connectivity index (χ0n) is 6.85. The Morgan fingerprint density at radius 3 is 1.50 bits per heavy atom. The van der Waals surface area contributed by atoms with Crippen LogP contribution in [0, 0.1) is 5.92 Å². The number of rotatable bonds is 3. The van der Waals surface area contributed by atoms with Crippen molar-refractivity contribution in [3.05, 3.63) is 0 Å². The predicted octanol–water partition coefficient (Wildman–Crippen LogP) is 0.402. The molecule has 2 atom stereocenters. The molecule has 0 amide bonds. The molecule has 0 bridgehead atoms. The highest BCUT2D eigenvalue weighted by Gasteiger charge is 1.93. The Labute approximate surface area is 72.1 Å². The summed E-state index contributed by atoms with van der Waals surface area (Å²) in [5.74, 6) is 0.440. The molecular weight excluding hydrogens is 206 g/mol. The monoisotopic (exact) mass is 220 g/mol. The van der Waals surface area contributed by atoms with Crippen molar-refractivity contribution in [1.29, 1.82) is 0 Å². The summed E-state index contributed by atoms with van der Waals surface area (Å²) in [5, 5.41) is 8.14. The standard InChI is InChI=1S/C4H10O.H4O5P2/c1-4(2)3-5;1-6(2)5-7(3)4/h4-5H,3H2,1-2H3;6-7H,(H,1,2)(H,3,4). The van der Waals surface area contributed by atoms with Gasteiger partial charge in [0.05, 0.1) is 0 Å². The normalized spacial score (nSPS) is 14.8. The van der Waals surface area contributed by atoms with Gasteiger partial charge in [-0.15, -0.1) is 0 Å². The largest absolute Gasteiger partial charge is 0.396 e. The number of hydrogen-bond acceptors (Lipinski definition) is 4. The molecule has 3 N–H and O–H groups in total. The van der Waals surface area contributed by atoms with E-state index in [1.807, 2.05) is 13.8 Å². The molecule has 0 aromatic rings. The van der Waals surface area contributed by atoms with Crippen molar-refractivity contribution in [2.75, 3.05) is 6.61 Å². The van der Waals surface area contributed by atoms with E-state index in [-0.39, 0.29) is 0 Å². The van der Waals surface area contributed by atoms with Gasteiger partial charge < -0.3 is 14.9 Å². The SMILES string of the molecule is CC(C)CO.O=[PH](O)O[PH](=O)O. The smallest absolute Gasteiger partial charge is 0.323 e. The lowest BCUT2D eigenvalue weighted by atomic mass is 10.2. The molecule has 0 spiro atoms.